The number of nitrogens with zero attached hydrogens (tertiary/aromatic N) is 1. The normalized spacial score (nSPS) is 13.3. The van der Waals surface area contributed by atoms with Gasteiger partial charge in [0, 0.05) is 23.6 Å². The number of nitrogens with one attached hydrogen (secondary N) is 1. The molecule has 1 N–H and O–H groups in total. The number of aryl methyl sites for hydroxylation is 2. The topological polar surface area (TPSA) is 98.5 Å². The van der Waals surface area contributed by atoms with Gasteiger partial charge in [0.1, 0.15) is 5.56 Å². The van der Waals surface area contributed by atoms with Gasteiger partial charge in [0.05, 0.1) is 5.69 Å². The average molecular weight is 356 g/mol. The molecule has 3 rings (SSSR count). The van der Waals surface area contributed by atoms with Crippen LogP contribution in [0.15, 0.2) is 22.7 Å². The summed E-state index contributed by atoms with van der Waals surface area (Å²) < 4.78 is 10.3. The summed E-state index contributed by atoms with van der Waals surface area (Å²) in [6.07, 6.45) is 0.976. The molecule has 0 saturated heterocycles. The molecule has 0 fully saturated rings. The molecule has 7 heteroatoms. The molecular formula is C19H20N2O5. The molecule has 7 nitrogen and oxygen atoms in total. The van der Waals surface area contributed by atoms with E-state index in [1.54, 1.807) is 25.1 Å². The molecule has 0 bridgehead atoms. The van der Waals surface area contributed by atoms with E-state index in [0.29, 0.717) is 29.9 Å². The fourth-order valence-corrected chi connectivity index (χ4v) is 2.87. The first kappa shape index (κ1) is 17.8. The molecule has 136 valence electrons. The van der Waals surface area contributed by atoms with Gasteiger partial charge in [0.25, 0.3) is 0 Å². The van der Waals surface area contributed by atoms with E-state index in [1.807, 2.05) is 13.8 Å². The lowest BCUT2D eigenvalue weighted by molar-refractivity contribution is -0.116. The molecule has 1 aliphatic heterocycles. The molecule has 1 aromatic carbocycles. The summed E-state index contributed by atoms with van der Waals surface area (Å²) in [5.41, 5.74) is 2.78. The third-order valence-electron chi connectivity index (χ3n) is 4.27. The van der Waals surface area contributed by atoms with Crippen molar-refractivity contribution in [1.29, 1.82) is 0 Å². The van der Waals surface area contributed by atoms with Crippen LogP contribution >= 0.6 is 0 Å². The van der Waals surface area contributed by atoms with E-state index in [0.717, 1.165) is 11.3 Å². The molecule has 1 amide bonds. The number of ether oxygens (including phenoxy) is 1. The van der Waals surface area contributed by atoms with Crippen molar-refractivity contribution >= 4 is 23.3 Å². The van der Waals surface area contributed by atoms with Crippen molar-refractivity contribution in [3.63, 3.8) is 0 Å². The van der Waals surface area contributed by atoms with Crippen molar-refractivity contribution in [3.05, 3.63) is 46.3 Å². The zero-order valence-electron chi connectivity index (χ0n) is 14.9. The standard InChI is InChI=1S/C19H20N2O5/c1-10(2)18-17(11(3)21-26-18)19(24)25-9-15(22)13-4-6-14-12(8-13)5-7-16(23)20-14/h4,6,8,10H,5,7,9H2,1-3H3,(H,20,23). The first-order chi connectivity index (χ1) is 12.4. The first-order valence-corrected chi connectivity index (χ1v) is 8.46. The molecule has 0 spiro atoms. The molecule has 1 aliphatic rings. The number of rotatable bonds is 5. The van der Waals surface area contributed by atoms with Crippen molar-refractivity contribution in [2.24, 2.45) is 0 Å². The number of benzene rings is 1. The molecule has 2 aromatic rings. The Morgan fingerprint density at radius 1 is 1.31 bits per heavy atom. The highest BCUT2D eigenvalue weighted by Gasteiger charge is 2.25. The van der Waals surface area contributed by atoms with Gasteiger partial charge in [-0.1, -0.05) is 19.0 Å². The maximum atomic E-state index is 12.4. The summed E-state index contributed by atoms with van der Waals surface area (Å²) in [4.78, 5) is 36.1. The van der Waals surface area contributed by atoms with E-state index < -0.39 is 5.97 Å². The number of carbonyl (C=O) groups is 3. The van der Waals surface area contributed by atoms with Crippen LogP contribution in [-0.4, -0.2) is 29.4 Å². The van der Waals surface area contributed by atoms with Gasteiger partial charge in [-0.25, -0.2) is 4.79 Å². The van der Waals surface area contributed by atoms with Gasteiger partial charge in [-0.05, 0) is 37.1 Å². The number of anilines is 1. The molecule has 0 unspecified atom stereocenters. The van der Waals surface area contributed by atoms with Gasteiger partial charge in [-0.3, -0.25) is 9.59 Å². The number of hydrogen-bond donors (Lipinski definition) is 1. The Kier molecular flexibility index (Phi) is 4.88. The largest absolute Gasteiger partial charge is 0.454 e. The molecule has 26 heavy (non-hydrogen) atoms. The maximum absolute atomic E-state index is 12.4. The van der Waals surface area contributed by atoms with Crippen LogP contribution in [0, 0.1) is 6.92 Å². The van der Waals surface area contributed by atoms with Crippen LogP contribution in [0.3, 0.4) is 0 Å². The Balaban J connectivity index is 1.69. The fraction of sp³-hybridized carbons (Fsp3) is 0.368. The number of esters is 1. The predicted octanol–water partition coefficient (Wildman–Crippen LogP) is 3.03. The number of Topliss-reactive ketones (excluding diaryl/α,β-unsaturated/α-hetero) is 1. The summed E-state index contributed by atoms with van der Waals surface area (Å²) in [7, 11) is 0. The lowest BCUT2D eigenvalue weighted by atomic mass is 9.99. The van der Waals surface area contributed by atoms with Crippen molar-refractivity contribution in [3.8, 4) is 0 Å². The number of fused-ring (bicyclic) bond motifs is 1. The fourth-order valence-electron chi connectivity index (χ4n) is 2.87. The van der Waals surface area contributed by atoms with Gasteiger partial charge in [-0.2, -0.15) is 0 Å². The number of amides is 1. The molecular weight excluding hydrogens is 336 g/mol. The van der Waals surface area contributed by atoms with E-state index in [2.05, 4.69) is 10.5 Å². The molecule has 0 aliphatic carbocycles. The van der Waals surface area contributed by atoms with Gasteiger partial charge in [-0.15, -0.1) is 0 Å². The van der Waals surface area contributed by atoms with Crippen LogP contribution in [-0.2, 0) is 16.0 Å². The molecule has 0 saturated carbocycles. The first-order valence-electron chi connectivity index (χ1n) is 8.46. The van der Waals surface area contributed by atoms with Crippen LogP contribution < -0.4 is 5.32 Å². The second kappa shape index (κ2) is 7.11. The Labute approximate surface area is 150 Å². The van der Waals surface area contributed by atoms with Crippen LogP contribution in [0.4, 0.5) is 5.69 Å². The van der Waals surface area contributed by atoms with E-state index in [9.17, 15) is 14.4 Å². The smallest absolute Gasteiger partial charge is 0.344 e. The van der Waals surface area contributed by atoms with E-state index in [1.165, 1.54) is 0 Å². The third-order valence-corrected chi connectivity index (χ3v) is 4.27. The summed E-state index contributed by atoms with van der Waals surface area (Å²) >= 11 is 0. The van der Waals surface area contributed by atoms with Crippen LogP contribution in [0.1, 0.15) is 63.9 Å². The van der Waals surface area contributed by atoms with Gasteiger partial charge in [0.2, 0.25) is 5.91 Å². The zero-order chi connectivity index (χ0) is 18.8. The second-order valence-electron chi connectivity index (χ2n) is 6.58. The number of carbonyl (C=O) groups excluding carboxylic acids is 3. The van der Waals surface area contributed by atoms with Gasteiger partial charge in [0.15, 0.2) is 18.2 Å². The minimum Gasteiger partial charge on any atom is -0.454 e. The van der Waals surface area contributed by atoms with Crippen LogP contribution in [0.25, 0.3) is 0 Å². The molecule has 0 radical (unpaired) electrons. The Morgan fingerprint density at radius 2 is 2.08 bits per heavy atom. The Hall–Kier alpha value is -2.96. The summed E-state index contributed by atoms with van der Waals surface area (Å²) in [5.74, 6) is -0.533. The van der Waals surface area contributed by atoms with Gasteiger partial charge >= 0.3 is 5.97 Å². The molecule has 2 heterocycles. The highest BCUT2D eigenvalue weighted by atomic mass is 16.5. The summed E-state index contributed by atoms with van der Waals surface area (Å²) in [5, 5.41) is 6.57. The lowest BCUT2D eigenvalue weighted by Gasteiger charge is -2.17. The number of ketones is 1. The van der Waals surface area contributed by atoms with Crippen LogP contribution in [0.5, 0.6) is 0 Å². The number of aromatic nitrogens is 1. The quantitative estimate of drug-likeness (QED) is 0.653. The molecule has 1 aromatic heterocycles. The minimum atomic E-state index is -0.619. The average Bonchev–Trinajstić information content (AvgIpc) is 3.00. The molecule has 0 atom stereocenters. The monoisotopic (exact) mass is 356 g/mol. The van der Waals surface area contributed by atoms with E-state index in [4.69, 9.17) is 9.26 Å². The van der Waals surface area contributed by atoms with Crippen molar-refractivity contribution < 1.29 is 23.6 Å². The van der Waals surface area contributed by atoms with E-state index >= 15 is 0 Å². The summed E-state index contributed by atoms with van der Waals surface area (Å²) in [6, 6.07) is 5.04. The highest BCUT2D eigenvalue weighted by molar-refractivity contribution is 6.01. The van der Waals surface area contributed by atoms with E-state index in [-0.39, 0.29) is 29.8 Å². The minimum absolute atomic E-state index is 0.0229. The summed E-state index contributed by atoms with van der Waals surface area (Å²) in [6.45, 7) is 5.05. The highest BCUT2D eigenvalue weighted by Crippen LogP contribution is 2.25. The predicted molar refractivity (Wildman–Crippen MR) is 93.3 cm³/mol. The zero-order valence-corrected chi connectivity index (χ0v) is 14.9. The SMILES string of the molecule is Cc1noc(C(C)C)c1C(=O)OCC(=O)c1ccc2c(c1)CCC(=O)N2. The van der Waals surface area contributed by atoms with Crippen LogP contribution in [0.2, 0.25) is 0 Å². The Morgan fingerprint density at radius 3 is 2.81 bits per heavy atom. The van der Waals surface area contributed by atoms with Crippen molar-refractivity contribution in [2.75, 3.05) is 11.9 Å². The van der Waals surface area contributed by atoms with Crippen molar-refractivity contribution in [1.82, 2.24) is 5.16 Å². The second-order valence-corrected chi connectivity index (χ2v) is 6.58. The maximum Gasteiger partial charge on any atom is 0.344 e. The van der Waals surface area contributed by atoms with Crippen molar-refractivity contribution in [2.45, 2.75) is 39.5 Å². The lowest BCUT2D eigenvalue weighted by Crippen LogP contribution is -2.20. The van der Waals surface area contributed by atoms with Gasteiger partial charge < -0.3 is 14.6 Å². The number of hydrogen-bond acceptors (Lipinski definition) is 6. The Bertz CT molecular complexity index is 882. The third kappa shape index (κ3) is 3.51.